The number of para-hydroxylation sites is 1. The maximum absolute atomic E-state index is 13.0. The number of alkyl halides is 3. The second-order valence-electron chi connectivity index (χ2n) is 8.83. The van der Waals surface area contributed by atoms with Gasteiger partial charge in [0.2, 0.25) is 5.91 Å². The molecule has 1 aliphatic heterocycles. The number of aromatic nitrogens is 4. The molecule has 4 rings (SSSR count). The zero-order valence-electron chi connectivity index (χ0n) is 19.7. The predicted molar refractivity (Wildman–Crippen MR) is 123 cm³/mol. The number of fused-ring (bicyclic) bond motifs is 1. The molecule has 0 unspecified atom stereocenters. The molecular formula is C24H29F3N6O. The first-order valence-corrected chi connectivity index (χ1v) is 11.5. The van der Waals surface area contributed by atoms with E-state index in [1.807, 2.05) is 12.1 Å². The van der Waals surface area contributed by atoms with Gasteiger partial charge in [-0.1, -0.05) is 18.2 Å². The summed E-state index contributed by atoms with van der Waals surface area (Å²) in [6.45, 7) is 5.95. The first-order valence-electron chi connectivity index (χ1n) is 11.5. The lowest BCUT2D eigenvalue weighted by atomic mass is 10.1. The molecule has 10 heteroatoms. The molecule has 0 spiro atoms. The summed E-state index contributed by atoms with van der Waals surface area (Å²) in [6.07, 6.45) is -0.455. The molecule has 0 atom stereocenters. The van der Waals surface area contributed by atoms with E-state index >= 15 is 0 Å². The molecule has 182 valence electrons. The highest BCUT2D eigenvalue weighted by Gasteiger charge is 2.37. The van der Waals surface area contributed by atoms with Crippen molar-refractivity contribution in [3.63, 3.8) is 0 Å². The van der Waals surface area contributed by atoms with Crippen LogP contribution in [0.1, 0.15) is 54.0 Å². The fraction of sp³-hybridized carbons (Fsp3) is 0.500. The Balaban J connectivity index is 1.46. The van der Waals surface area contributed by atoms with Crippen LogP contribution in [-0.4, -0.2) is 50.5 Å². The van der Waals surface area contributed by atoms with Crippen molar-refractivity contribution < 1.29 is 18.0 Å². The highest BCUT2D eigenvalue weighted by molar-refractivity contribution is 5.76. The lowest BCUT2D eigenvalue weighted by Gasteiger charge is -2.31. The Bertz CT molecular complexity index is 1180. The lowest BCUT2D eigenvalue weighted by Crippen LogP contribution is -2.32. The molecule has 1 fully saturated rings. The summed E-state index contributed by atoms with van der Waals surface area (Å²) in [5, 5.41) is 3.58. The average Bonchev–Trinajstić information content (AvgIpc) is 3.24. The lowest BCUT2D eigenvalue weighted by molar-refractivity contribution is -0.144. The number of hydrogen-bond acceptors (Lipinski definition) is 5. The van der Waals surface area contributed by atoms with Gasteiger partial charge < -0.3 is 9.80 Å². The van der Waals surface area contributed by atoms with Crippen LogP contribution in [0, 0.1) is 13.8 Å². The first-order chi connectivity index (χ1) is 16.1. The van der Waals surface area contributed by atoms with E-state index in [2.05, 4.69) is 32.1 Å². The van der Waals surface area contributed by atoms with Crippen LogP contribution in [0.4, 0.5) is 18.9 Å². The van der Waals surface area contributed by atoms with Crippen LogP contribution in [0.25, 0.3) is 5.78 Å². The van der Waals surface area contributed by atoms with Crippen molar-refractivity contribution >= 4 is 17.4 Å². The largest absolute Gasteiger partial charge is 0.453 e. The van der Waals surface area contributed by atoms with Crippen LogP contribution in [-0.2, 0) is 23.9 Å². The summed E-state index contributed by atoms with van der Waals surface area (Å²) in [5.41, 5.74) is 4.06. The molecule has 0 radical (unpaired) electrons. The Morgan fingerprint density at radius 2 is 1.79 bits per heavy atom. The Morgan fingerprint density at radius 3 is 2.50 bits per heavy atom. The van der Waals surface area contributed by atoms with E-state index in [0.29, 0.717) is 29.9 Å². The maximum atomic E-state index is 13.0. The molecule has 3 aromatic rings. The zero-order valence-corrected chi connectivity index (χ0v) is 19.7. The Labute approximate surface area is 196 Å². The number of carbonyl (C=O) groups excluding carboxylic acids is 1. The number of halogens is 3. The molecule has 0 aliphatic carbocycles. The molecule has 1 amide bonds. The van der Waals surface area contributed by atoms with Crippen molar-refractivity contribution in [1.29, 1.82) is 0 Å². The van der Waals surface area contributed by atoms with E-state index < -0.39 is 12.0 Å². The van der Waals surface area contributed by atoms with Crippen LogP contribution >= 0.6 is 0 Å². The number of benzene rings is 1. The number of anilines is 1. The van der Waals surface area contributed by atoms with Gasteiger partial charge in [-0.3, -0.25) is 4.79 Å². The van der Waals surface area contributed by atoms with Gasteiger partial charge in [0.1, 0.15) is 0 Å². The highest BCUT2D eigenvalue weighted by atomic mass is 19.4. The second kappa shape index (κ2) is 9.60. The quantitative estimate of drug-likeness (QED) is 0.532. The van der Waals surface area contributed by atoms with Gasteiger partial charge in [-0.25, -0.2) is 9.50 Å². The number of amides is 1. The number of hydrogen-bond donors (Lipinski definition) is 0. The van der Waals surface area contributed by atoms with E-state index in [4.69, 9.17) is 0 Å². The van der Waals surface area contributed by atoms with Crippen molar-refractivity contribution in [2.75, 3.05) is 25.0 Å². The SMILES string of the molecule is Cc1nc2nc(C(F)(F)F)nn2c(C)c1CCC(=O)N(C)Cc1ccccc1N1CCCCC1. The Morgan fingerprint density at radius 1 is 1.09 bits per heavy atom. The molecule has 1 aromatic carbocycles. The molecular weight excluding hydrogens is 445 g/mol. The molecule has 0 saturated carbocycles. The molecule has 3 heterocycles. The van der Waals surface area contributed by atoms with Crippen molar-refractivity contribution in [3.05, 3.63) is 52.6 Å². The van der Waals surface area contributed by atoms with E-state index in [1.54, 1.807) is 25.8 Å². The minimum Gasteiger partial charge on any atom is -0.371 e. The van der Waals surface area contributed by atoms with Crippen LogP contribution in [0.15, 0.2) is 24.3 Å². The number of piperidine rings is 1. The predicted octanol–water partition coefficient (Wildman–Crippen LogP) is 4.34. The third-order valence-corrected chi connectivity index (χ3v) is 6.41. The van der Waals surface area contributed by atoms with Gasteiger partial charge in [0.05, 0.1) is 0 Å². The number of carbonyl (C=O) groups is 1. The normalized spacial score (nSPS) is 14.6. The fourth-order valence-corrected chi connectivity index (χ4v) is 4.54. The second-order valence-corrected chi connectivity index (χ2v) is 8.83. The molecule has 0 bridgehead atoms. The van der Waals surface area contributed by atoms with E-state index in [9.17, 15) is 18.0 Å². The minimum absolute atomic E-state index is 0.0399. The van der Waals surface area contributed by atoms with Crippen molar-refractivity contribution in [2.24, 2.45) is 0 Å². The third-order valence-electron chi connectivity index (χ3n) is 6.41. The summed E-state index contributed by atoms with van der Waals surface area (Å²) in [7, 11) is 1.78. The van der Waals surface area contributed by atoms with Crippen LogP contribution < -0.4 is 4.90 Å². The molecule has 34 heavy (non-hydrogen) atoms. The summed E-state index contributed by atoms with van der Waals surface area (Å²) < 4.78 is 40.1. The van der Waals surface area contributed by atoms with Crippen LogP contribution in [0.3, 0.4) is 0 Å². The first kappa shape index (κ1) is 24.0. The Kier molecular flexibility index (Phi) is 6.77. The summed E-state index contributed by atoms with van der Waals surface area (Å²) in [6, 6.07) is 8.18. The van der Waals surface area contributed by atoms with Gasteiger partial charge in [-0.05, 0) is 56.7 Å². The minimum atomic E-state index is -4.64. The summed E-state index contributed by atoms with van der Waals surface area (Å²) in [4.78, 5) is 24.7. The third kappa shape index (κ3) is 5.00. The van der Waals surface area contributed by atoms with Gasteiger partial charge in [-0.15, -0.1) is 5.10 Å². The van der Waals surface area contributed by atoms with Gasteiger partial charge in [0.15, 0.2) is 0 Å². The number of nitrogens with zero attached hydrogens (tertiary/aromatic N) is 6. The Hall–Kier alpha value is -3.17. The standard InChI is InChI=1S/C24H29F3N6O/c1-16-19(17(2)33-23(28-16)29-22(30-33)24(25,26)27)11-12-21(34)31(3)15-18-9-5-6-10-20(18)32-13-7-4-8-14-32/h5-6,9-10H,4,7-8,11-15H2,1-3H3. The van der Waals surface area contributed by atoms with Gasteiger partial charge in [0, 0.05) is 50.2 Å². The molecule has 1 saturated heterocycles. The van der Waals surface area contributed by atoms with Gasteiger partial charge in [0.25, 0.3) is 11.6 Å². The smallest absolute Gasteiger partial charge is 0.371 e. The number of aryl methyl sites for hydroxylation is 2. The number of rotatable bonds is 6. The van der Waals surface area contributed by atoms with Crippen LogP contribution in [0.5, 0.6) is 0 Å². The molecule has 2 aromatic heterocycles. The maximum Gasteiger partial charge on any atom is 0.453 e. The van der Waals surface area contributed by atoms with Crippen LogP contribution in [0.2, 0.25) is 0 Å². The fourth-order valence-electron chi connectivity index (χ4n) is 4.54. The van der Waals surface area contributed by atoms with Gasteiger partial charge >= 0.3 is 6.18 Å². The van der Waals surface area contributed by atoms with Crippen molar-refractivity contribution in [1.82, 2.24) is 24.5 Å². The molecule has 1 aliphatic rings. The monoisotopic (exact) mass is 474 g/mol. The highest BCUT2D eigenvalue weighted by Crippen LogP contribution is 2.28. The van der Waals surface area contributed by atoms with E-state index in [-0.39, 0.29) is 18.1 Å². The van der Waals surface area contributed by atoms with Gasteiger partial charge in [-0.2, -0.15) is 18.2 Å². The van der Waals surface area contributed by atoms with Crippen molar-refractivity contribution in [2.45, 2.75) is 58.7 Å². The molecule has 0 N–H and O–H groups in total. The van der Waals surface area contributed by atoms with Crippen molar-refractivity contribution in [3.8, 4) is 0 Å². The topological polar surface area (TPSA) is 66.6 Å². The zero-order chi connectivity index (χ0) is 24.5. The molecule has 7 nitrogen and oxygen atoms in total. The van der Waals surface area contributed by atoms with E-state index in [1.165, 1.54) is 24.9 Å². The summed E-state index contributed by atoms with van der Waals surface area (Å²) >= 11 is 0. The summed E-state index contributed by atoms with van der Waals surface area (Å²) in [5.74, 6) is -1.35. The average molecular weight is 475 g/mol. The van der Waals surface area contributed by atoms with E-state index in [0.717, 1.165) is 23.2 Å².